The fourth-order valence-corrected chi connectivity index (χ4v) is 4.92. The Morgan fingerprint density at radius 3 is 2.49 bits per heavy atom. The Morgan fingerprint density at radius 1 is 1.16 bits per heavy atom. The van der Waals surface area contributed by atoms with E-state index in [0.717, 1.165) is 47.5 Å². The fraction of sp³-hybridized carbons (Fsp3) is 0.533. The average molecular weight is 510 g/mol. The maximum Gasteiger partial charge on any atom is 0.251 e. The number of phenols is 1. The van der Waals surface area contributed by atoms with E-state index in [9.17, 15) is 14.7 Å². The van der Waals surface area contributed by atoms with Crippen molar-refractivity contribution < 1.29 is 19.4 Å². The van der Waals surface area contributed by atoms with Crippen LogP contribution in [0.15, 0.2) is 24.3 Å². The highest BCUT2D eigenvalue weighted by Gasteiger charge is 2.40. The number of benzene rings is 2. The highest BCUT2D eigenvalue weighted by atomic mass is 16.5. The summed E-state index contributed by atoms with van der Waals surface area (Å²) in [5.41, 5.74) is 5.36. The predicted octanol–water partition coefficient (Wildman–Crippen LogP) is 4.90. The number of ether oxygens (including phenoxy) is 1. The van der Waals surface area contributed by atoms with Crippen LogP contribution in [-0.4, -0.2) is 60.1 Å². The number of anilines is 1. The van der Waals surface area contributed by atoms with Gasteiger partial charge in [-0.2, -0.15) is 0 Å². The van der Waals surface area contributed by atoms with Crippen molar-refractivity contribution in [3.63, 3.8) is 0 Å². The van der Waals surface area contributed by atoms with E-state index in [1.807, 2.05) is 41.5 Å². The molecule has 7 nitrogen and oxygen atoms in total. The summed E-state index contributed by atoms with van der Waals surface area (Å²) in [5, 5.41) is 13.4. The van der Waals surface area contributed by atoms with Crippen LogP contribution in [0, 0.1) is 26.2 Å². The summed E-state index contributed by atoms with van der Waals surface area (Å²) < 4.78 is 5.26. The van der Waals surface area contributed by atoms with Crippen LogP contribution in [0.5, 0.6) is 5.75 Å². The van der Waals surface area contributed by atoms with Gasteiger partial charge in [-0.3, -0.25) is 14.5 Å². The Morgan fingerprint density at radius 2 is 1.86 bits per heavy atom. The Balaban J connectivity index is 2.03. The molecule has 0 aliphatic carbocycles. The minimum atomic E-state index is -0.738. The van der Waals surface area contributed by atoms with Gasteiger partial charge in [0.25, 0.3) is 5.91 Å². The Bertz CT molecular complexity index is 1150. The summed E-state index contributed by atoms with van der Waals surface area (Å²) in [4.78, 5) is 31.5. The van der Waals surface area contributed by atoms with Gasteiger partial charge in [0.2, 0.25) is 5.91 Å². The van der Waals surface area contributed by atoms with Crippen molar-refractivity contribution in [1.82, 2.24) is 9.80 Å². The molecule has 1 unspecified atom stereocenters. The topological polar surface area (TPSA) is 82.1 Å². The lowest BCUT2D eigenvalue weighted by Crippen LogP contribution is -2.49. The minimum absolute atomic E-state index is 0.0474. The SMILES string of the molecule is CCN(CCOC)Cc1ccc2c(c1)C(C(=O)Nc1cc(C)c(O)c(C)c1C)N(C(=O)C(C)(C)C)CC2. The van der Waals surface area contributed by atoms with Gasteiger partial charge in [-0.15, -0.1) is 0 Å². The second-order valence-corrected chi connectivity index (χ2v) is 11.1. The molecule has 1 heterocycles. The van der Waals surface area contributed by atoms with Gasteiger partial charge in [0.15, 0.2) is 0 Å². The number of aromatic hydroxyl groups is 1. The van der Waals surface area contributed by atoms with E-state index in [2.05, 4.69) is 35.3 Å². The van der Waals surface area contributed by atoms with E-state index in [4.69, 9.17) is 4.74 Å². The fourth-order valence-electron chi connectivity index (χ4n) is 4.92. The molecule has 2 aromatic carbocycles. The normalized spacial score (nSPS) is 15.6. The molecule has 3 rings (SSSR count). The van der Waals surface area contributed by atoms with Crippen LogP contribution in [-0.2, 0) is 27.3 Å². The molecule has 0 saturated heterocycles. The molecule has 1 atom stereocenters. The van der Waals surface area contributed by atoms with E-state index >= 15 is 0 Å². The smallest absolute Gasteiger partial charge is 0.251 e. The third kappa shape index (κ3) is 6.33. The second kappa shape index (κ2) is 11.7. The molecule has 0 spiro atoms. The quantitative estimate of drug-likeness (QED) is 0.495. The monoisotopic (exact) mass is 509 g/mol. The average Bonchev–Trinajstić information content (AvgIpc) is 2.86. The number of phenolic OH excluding ortho intramolecular Hbond substituents is 1. The van der Waals surface area contributed by atoms with E-state index in [1.165, 1.54) is 0 Å². The number of aryl methyl sites for hydroxylation is 1. The lowest BCUT2D eigenvalue weighted by atomic mass is 9.86. The van der Waals surface area contributed by atoms with Crippen LogP contribution >= 0.6 is 0 Å². The predicted molar refractivity (Wildman–Crippen MR) is 148 cm³/mol. The van der Waals surface area contributed by atoms with Gasteiger partial charge < -0.3 is 20.1 Å². The van der Waals surface area contributed by atoms with Gasteiger partial charge in [-0.05, 0) is 73.2 Å². The van der Waals surface area contributed by atoms with Crippen molar-refractivity contribution in [1.29, 1.82) is 0 Å². The highest BCUT2D eigenvalue weighted by molar-refractivity contribution is 5.99. The van der Waals surface area contributed by atoms with Gasteiger partial charge in [0.1, 0.15) is 11.8 Å². The summed E-state index contributed by atoms with van der Waals surface area (Å²) in [6.07, 6.45) is 0.707. The number of fused-ring (bicyclic) bond motifs is 1. The number of likely N-dealkylation sites (N-methyl/N-ethyl adjacent to an activating group) is 1. The first-order valence-corrected chi connectivity index (χ1v) is 13.1. The number of nitrogens with one attached hydrogen (secondary N) is 1. The summed E-state index contributed by atoms with van der Waals surface area (Å²) in [6.45, 7) is 16.9. The maximum absolute atomic E-state index is 14.0. The maximum atomic E-state index is 14.0. The largest absolute Gasteiger partial charge is 0.507 e. The zero-order valence-corrected chi connectivity index (χ0v) is 23.7. The number of rotatable bonds is 8. The number of carbonyl (C=O) groups is 2. The molecule has 2 amide bonds. The first-order chi connectivity index (χ1) is 17.4. The molecule has 0 bridgehead atoms. The van der Waals surface area contributed by atoms with Crippen LogP contribution < -0.4 is 5.32 Å². The summed E-state index contributed by atoms with van der Waals surface area (Å²) in [7, 11) is 1.70. The van der Waals surface area contributed by atoms with E-state index in [1.54, 1.807) is 18.1 Å². The van der Waals surface area contributed by atoms with Gasteiger partial charge >= 0.3 is 0 Å². The summed E-state index contributed by atoms with van der Waals surface area (Å²) in [6, 6.07) is 7.38. The molecular weight excluding hydrogens is 466 g/mol. The molecule has 2 aromatic rings. The van der Waals surface area contributed by atoms with Crippen molar-refractivity contribution in [2.24, 2.45) is 5.41 Å². The van der Waals surface area contributed by atoms with Gasteiger partial charge in [-0.25, -0.2) is 0 Å². The second-order valence-electron chi connectivity index (χ2n) is 11.1. The molecule has 0 radical (unpaired) electrons. The van der Waals surface area contributed by atoms with E-state index < -0.39 is 11.5 Å². The molecule has 0 fully saturated rings. The number of amides is 2. The summed E-state index contributed by atoms with van der Waals surface area (Å²) >= 11 is 0. The van der Waals surface area contributed by atoms with Crippen LogP contribution in [0.1, 0.15) is 67.1 Å². The molecule has 202 valence electrons. The first kappa shape index (κ1) is 28.7. The standard InChI is InChI=1S/C30H43N3O4/c1-9-32(14-15-37-8)18-22-10-11-23-12-13-33(29(36)30(5,6)7)26(24(23)17-22)28(35)31-25-16-19(2)27(34)21(4)20(25)3/h10-11,16-17,26,34H,9,12-15,18H2,1-8H3,(H,31,35). The van der Waals surface area contributed by atoms with Gasteiger partial charge in [0.05, 0.1) is 6.61 Å². The number of hydrogen-bond donors (Lipinski definition) is 2. The first-order valence-electron chi connectivity index (χ1n) is 13.1. The van der Waals surface area contributed by atoms with Crippen molar-refractivity contribution in [2.75, 3.05) is 38.7 Å². The van der Waals surface area contributed by atoms with Crippen LogP contribution in [0.3, 0.4) is 0 Å². The lowest BCUT2D eigenvalue weighted by Gasteiger charge is -2.40. The molecule has 0 aromatic heterocycles. The Hall–Kier alpha value is -2.90. The number of hydrogen-bond acceptors (Lipinski definition) is 5. The van der Waals surface area contributed by atoms with Crippen molar-refractivity contribution >= 4 is 17.5 Å². The molecular formula is C30H43N3O4. The van der Waals surface area contributed by atoms with Crippen LogP contribution in [0.2, 0.25) is 0 Å². The highest BCUT2D eigenvalue weighted by Crippen LogP contribution is 2.36. The molecule has 2 N–H and O–H groups in total. The molecule has 1 aliphatic rings. The zero-order chi connectivity index (χ0) is 27.5. The van der Waals surface area contributed by atoms with Crippen molar-refractivity contribution in [2.45, 2.75) is 67.5 Å². The van der Waals surface area contributed by atoms with Gasteiger partial charge in [-0.1, -0.05) is 45.9 Å². The molecule has 0 saturated carbocycles. The minimum Gasteiger partial charge on any atom is -0.507 e. The lowest BCUT2D eigenvalue weighted by molar-refractivity contribution is -0.146. The third-order valence-corrected chi connectivity index (χ3v) is 7.37. The Labute approximate surface area is 221 Å². The van der Waals surface area contributed by atoms with Crippen molar-refractivity contribution in [3.05, 3.63) is 57.6 Å². The van der Waals surface area contributed by atoms with E-state index in [-0.39, 0.29) is 17.6 Å². The van der Waals surface area contributed by atoms with Gasteiger partial charge in [0, 0.05) is 37.8 Å². The molecule has 37 heavy (non-hydrogen) atoms. The Kier molecular flexibility index (Phi) is 9.03. The molecule has 1 aliphatic heterocycles. The number of methoxy groups -OCH3 is 1. The summed E-state index contributed by atoms with van der Waals surface area (Å²) in [5.74, 6) is -0.0505. The van der Waals surface area contributed by atoms with Crippen LogP contribution in [0.25, 0.3) is 0 Å². The number of nitrogens with zero attached hydrogens (tertiary/aromatic N) is 2. The van der Waals surface area contributed by atoms with Crippen LogP contribution in [0.4, 0.5) is 5.69 Å². The number of carbonyl (C=O) groups excluding carboxylic acids is 2. The zero-order valence-electron chi connectivity index (χ0n) is 23.7. The van der Waals surface area contributed by atoms with Crippen molar-refractivity contribution in [3.8, 4) is 5.75 Å². The molecule has 7 heteroatoms. The van der Waals surface area contributed by atoms with E-state index in [0.29, 0.717) is 30.8 Å². The third-order valence-electron chi connectivity index (χ3n) is 7.37.